The van der Waals surface area contributed by atoms with Gasteiger partial charge in [-0.15, -0.1) is 0 Å². The van der Waals surface area contributed by atoms with Gasteiger partial charge in [-0.3, -0.25) is 0 Å². The molecule has 0 spiro atoms. The van der Waals surface area contributed by atoms with Crippen molar-refractivity contribution < 1.29 is 12.8 Å². The van der Waals surface area contributed by atoms with Crippen molar-refractivity contribution in [2.75, 3.05) is 5.32 Å². The van der Waals surface area contributed by atoms with Crippen LogP contribution in [0.25, 0.3) is 11.5 Å². The lowest BCUT2D eigenvalue weighted by atomic mass is 10.2. The molecule has 0 fully saturated rings. The van der Waals surface area contributed by atoms with Crippen LogP contribution in [-0.2, 0) is 9.84 Å². The lowest BCUT2D eigenvalue weighted by Gasteiger charge is -2.06. The van der Waals surface area contributed by atoms with Crippen LogP contribution in [0, 0.1) is 6.92 Å². The second-order valence-corrected chi connectivity index (χ2v) is 9.25. The summed E-state index contributed by atoms with van der Waals surface area (Å²) < 4.78 is 33.2. The van der Waals surface area contributed by atoms with E-state index >= 15 is 0 Å². The van der Waals surface area contributed by atoms with Gasteiger partial charge >= 0.3 is 0 Å². The molecule has 1 aromatic heterocycles. The predicted molar refractivity (Wildman–Crippen MR) is 116 cm³/mol. The SMILES string of the molecule is Cc1ccc(Nc2oc(-c3ccccc3)nc2S(=O)(=O)c2ccc(Br)cc2)cc1. The summed E-state index contributed by atoms with van der Waals surface area (Å²) in [6, 6.07) is 23.2. The Bertz CT molecular complexity index is 1230. The molecule has 29 heavy (non-hydrogen) atoms. The molecule has 0 saturated carbocycles. The van der Waals surface area contributed by atoms with E-state index in [4.69, 9.17) is 4.42 Å². The van der Waals surface area contributed by atoms with Crippen LogP contribution in [0.3, 0.4) is 0 Å². The van der Waals surface area contributed by atoms with Crippen molar-refractivity contribution in [1.82, 2.24) is 4.98 Å². The highest BCUT2D eigenvalue weighted by Crippen LogP contribution is 2.34. The minimum absolute atomic E-state index is 0.0793. The third-order valence-electron chi connectivity index (χ3n) is 4.30. The first-order valence-corrected chi connectivity index (χ1v) is 11.1. The predicted octanol–water partition coefficient (Wildman–Crippen LogP) is 5.99. The van der Waals surface area contributed by atoms with Gasteiger partial charge in [-0.1, -0.05) is 51.8 Å². The Hall–Kier alpha value is -2.90. The number of anilines is 2. The summed E-state index contributed by atoms with van der Waals surface area (Å²) >= 11 is 3.33. The third kappa shape index (κ3) is 4.11. The molecule has 0 radical (unpaired) electrons. The van der Waals surface area contributed by atoms with Gasteiger partial charge in [-0.25, -0.2) is 8.42 Å². The standard InChI is InChI=1S/C22H17BrN2O3S/c1-15-7-11-18(12-8-15)24-21-22(25-20(28-21)16-5-3-2-4-6-16)29(26,27)19-13-9-17(23)10-14-19/h2-14,24H,1H3. The maximum absolute atomic E-state index is 13.3. The first-order valence-electron chi connectivity index (χ1n) is 8.84. The van der Waals surface area contributed by atoms with Crippen molar-refractivity contribution in [2.45, 2.75) is 16.8 Å². The van der Waals surface area contributed by atoms with Crippen molar-refractivity contribution in [2.24, 2.45) is 0 Å². The summed E-state index contributed by atoms with van der Waals surface area (Å²) in [5.41, 5.74) is 2.50. The molecule has 4 aromatic rings. The topological polar surface area (TPSA) is 72.2 Å². The second-order valence-electron chi connectivity index (χ2n) is 6.47. The lowest BCUT2D eigenvalue weighted by Crippen LogP contribution is -2.05. The van der Waals surface area contributed by atoms with Crippen molar-refractivity contribution in [1.29, 1.82) is 0 Å². The fourth-order valence-corrected chi connectivity index (χ4v) is 4.29. The summed E-state index contributed by atoms with van der Waals surface area (Å²) in [6.07, 6.45) is 0. The normalized spacial score (nSPS) is 11.4. The highest BCUT2D eigenvalue weighted by Gasteiger charge is 2.28. The Labute approximate surface area is 177 Å². The Kier molecular flexibility index (Phi) is 5.25. The number of hydrogen-bond donors (Lipinski definition) is 1. The maximum Gasteiger partial charge on any atom is 0.238 e. The first kappa shape index (κ1) is 19.4. The van der Waals surface area contributed by atoms with Crippen LogP contribution in [-0.4, -0.2) is 13.4 Å². The molecule has 0 unspecified atom stereocenters. The van der Waals surface area contributed by atoms with Crippen molar-refractivity contribution in [3.8, 4) is 11.5 Å². The molecular formula is C22H17BrN2O3S. The van der Waals surface area contributed by atoms with Gasteiger partial charge in [0.2, 0.25) is 26.6 Å². The van der Waals surface area contributed by atoms with Gasteiger partial charge in [0.25, 0.3) is 0 Å². The summed E-state index contributed by atoms with van der Waals surface area (Å²) in [5, 5.41) is 2.91. The number of halogens is 1. The molecule has 3 aromatic carbocycles. The summed E-state index contributed by atoms with van der Waals surface area (Å²) in [7, 11) is -3.89. The number of nitrogens with zero attached hydrogens (tertiary/aromatic N) is 1. The summed E-state index contributed by atoms with van der Waals surface area (Å²) in [6.45, 7) is 1.98. The molecule has 0 aliphatic heterocycles. The molecule has 0 atom stereocenters. The Morgan fingerprint density at radius 2 is 1.55 bits per heavy atom. The average molecular weight is 469 g/mol. The van der Waals surface area contributed by atoms with Crippen LogP contribution in [0.15, 0.2) is 97.7 Å². The highest BCUT2D eigenvalue weighted by molar-refractivity contribution is 9.10. The van der Waals surface area contributed by atoms with Gasteiger partial charge in [-0.05, 0) is 55.5 Å². The van der Waals surface area contributed by atoms with Crippen molar-refractivity contribution >= 4 is 37.3 Å². The quantitative estimate of drug-likeness (QED) is 0.389. The highest BCUT2D eigenvalue weighted by atomic mass is 79.9. The third-order valence-corrected chi connectivity index (χ3v) is 6.51. The second kappa shape index (κ2) is 7.85. The van der Waals surface area contributed by atoms with E-state index < -0.39 is 9.84 Å². The molecule has 146 valence electrons. The zero-order valence-electron chi connectivity index (χ0n) is 15.5. The van der Waals surface area contributed by atoms with Gasteiger partial charge in [0, 0.05) is 15.7 Å². The van der Waals surface area contributed by atoms with E-state index in [1.807, 2.05) is 61.5 Å². The number of oxazole rings is 1. The Morgan fingerprint density at radius 3 is 2.21 bits per heavy atom. The van der Waals surface area contributed by atoms with Gasteiger partial charge in [0.05, 0.1) is 4.90 Å². The van der Waals surface area contributed by atoms with Gasteiger partial charge in [0.15, 0.2) is 0 Å². The van der Waals surface area contributed by atoms with Crippen molar-refractivity contribution in [3.63, 3.8) is 0 Å². The van der Waals surface area contributed by atoms with E-state index in [0.717, 1.165) is 10.0 Å². The Balaban J connectivity index is 1.83. The van der Waals surface area contributed by atoms with E-state index in [-0.39, 0.29) is 21.7 Å². The number of hydrogen-bond acceptors (Lipinski definition) is 5. The average Bonchev–Trinajstić information content (AvgIpc) is 3.15. The molecule has 0 aliphatic carbocycles. The Morgan fingerprint density at radius 1 is 0.897 bits per heavy atom. The van der Waals surface area contributed by atoms with Crippen LogP contribution in [0.2, 0.25) is 0 Å². The largest absolute Gasteiger partial charge is 0.419 e. The zero-order chi connectivity index (χ0) is 20.4. The van der Waals surface area contributed by atoms with E-state index in [2.05, 4.69) is 26.2 Å². The lowest BCUT2D eigenvalue weighted by molar-refractivity contribution is 0.582. The molecular weight excluding hydrogens is 452 g/mol. The molecule has 5 nitrogen and oxygen atoms in total. The molecule has 0 aliphatic rings. The van der Waals surface area contributed by atoms with E-state index in [1.165, 1.54) is 12.1 Å². The maximum atomic E-state index is 13.3. The fourth-order valence-electron chi connectivity index (χ4n) is 2.76. The monoisotopic (exact) mass is 468 g/mol. The number of nitrogens with one attached hydrogen (secondary N) is 1. The van der Waals surface area contributed by atoms with Gasteiger partial charge < -0.3 is 9.73 Å². The summed E-state index contributed by atoms with van der Waals surface area (Å²) in [4.78, 5) is 4.48. The molecule has 7 heteroatoms. The van der Waals surface area contributed by atoms with E-state index in [1.54, 1.807) is 12.1 Å². The minimum Gasteiger partial charge on any atom is -0.419 e. The number of aryl methyl sites for hydroxylation is 1. The van der Waals surface area contributed by atoms with Crippen LogP contribution in [0.5, 0.6) is 0 Å². The molecule has 1 N–H and O–H groups in total. The van der Waals surface area contributed by atoms with Gasteiger partial charge in [0.1, 0.15) is 0 Å². The zero-order valence-corrected chi connectivity index (χ0v) is 17.9. The van der Waals surface area contributed by atoms with Crippen LogP contribution in [0.4, 0.5) is 11.6 Å². The summed E-state index contributed by atoms with van der Waals surface area (Å²) in [5.74, 6) is 0.312. The molecule has 1 heterocycles. The smallest absolute Gasteiger partial charge is 0.238 e. The first-order chi connectivity index (χ1) is 13.9. The minimum atomic E-state index is -3.89. The number of benzene rings is 3. The van der Waals surface area contributed by atoms with Crippen LogP contribution < -0.4 is 5.32 Å². The fraction of sp³-hybridized carbons (Fsp3) is 0.0455. The van der Waals surface area contributed by atoms with Crippen molar-refractivity contribution in [3.05, 3.63) is 88.9 Å². The molecule has 0 saturated heterocycles. The number of rotatable bonds is 5. The molecule has 0 bridgehead atoms. The van der Waals surface area contributed by atoms with E-state index in [0.29, 0.717) is 11.3 Å². The van der Waals surface area contributed by atoms with Crippen LogP contribution >= 0.6 is 15.9 Å². The number of sulfone groups is 1. The van der Waals surface area contributed by atoms with E-state index in [9.17, 15) is 8.42 Å². The van der Waals surface area contributed by atoms with Gasteiger partial charge in [-0.2, -0.15) is 4.98 Å². The number of aromatic nitrogens is 1. The van der Waals surface area contributed by atoms with Crippen LogP contribution in [0.1, 0.15) is 5.56 Å². The molecule has 4 rings (SSSR count). The molecule has 0 amide bonds.